The monoisotopic (exact) mass is 375 g/mol. The highest BCUT2D eigenvalue weighted by Crippen LogP contribution is 2.31. The van der Waals surface area contributed by atoms with Crippen molar-refractivity contribution in [3.05, 3.63) is 72.9 Å². The maximum Gasteiger partial charge on any atom is 0.227 e. The first-order chi connectivity index (χ1) is 13.7. The lowest BCUT2D eigenvalue weighted by Gasteiger charge is -2.14. The van der Waals surface area contributed by atoms with E-state index in [4.69, 9.17) is 4.74 Å². The van der Waals surface area contributed by atoms with E-state index in [9.17, 15) is 4.79 Å². The highest BCUT2D eigenvalue weighted by molar-refractivity contribution is 5.92. The minimum Gasteiger partial charge on any atom is -0.455 e. The SMILES string of the molecule is CCC(CC)C(=O)Nc1ccc(Nc2ccccc2Oc2ccccc2)nc1. The molecule has 5 nitrogen and oxygen atoms in total. The van der Waals surface area contributed by atoms with E-state index in [-0.39, 0.29) is 11.8 Å². The van der Waals surface area contributed by atoms with Crippen LogP contribution in [0.4, 0.5) is 17.2 Å². The number of pyridine rings is 1. The van der Waals surface area contributed by atoms with Gasteiger partial charge in [0.05, 0.1) is 17.6 Å². The van der Waals surface area contributed by atoms with Gasteiger partial charge in [-0.3, -0.25) is 4.79 Å². The number of nitrogens with zero attached hydrogens (tertiary/aromatic N) is 1. The summed E-state index contributed by atoms with van der Waals surface area (Å²) in [4.78, 5) is 16.6. The average molecular weight is 375 g/mol. The molecule has 0 spiro atoms. The molecule has 0 saturated carbocycles. The molecule has 0 unspecified atom stereocenters. The minimum absolute atomic E-state index is 0.0276. The largest absolute Gasteiger partial charge is 0.455 e. The summed E-state index contributed by atoms with van der Waals surface area (Å²) >= 11 is 0. The summed E-state index contributed by atoms with van der Waals surface area (Å²) in [5.74, 6) is 2.21. The third-order valence-electron chi connectivity index (χ3n) is 4.51. The predicted octanol–water partition coefficient (Wildman–Crippen LogP) is 5.99. The number of carbonyl (C=O) groups excluding carboxylic acids is 1. The molecule has 3 aromatic rings. The van der Waals surface area contributed by atoms with Crippen molar-refractivity contribution in [1.82, 2.24) is 4.98 Å². The van der Waals surface area contributed by atoms with E-state index >= 15 is 0 Å². The lowest BCUT2D eigenvalue weighted by atomic mass is 10.0. The summed E-state index contributed by atoms with van der Waals surface area (Å²) in [6, 6.07) is 21.0. The van der Waals surface area contributed by atoms with Crippen LogP contribution in [0.5, 0.6) is 11.5 Å². The minimum atomic E-state index is 0.0276. The van der Waals surface area contributed by atoms with Crippen molar-refractivity contribution >= 4 is 23.1 Å². The van der Waals surface area contributed by atoms with Gasteiger partial charge in [-0.1, -0.05) is 44.2 Å². The van der Waals surface area contributed by atoms with Crippen LogP contribution in [0.25, 0.3) is 0 Å². The molecular weight excluding hydrogens is 350 g/mol. The number of benzene rings is 2. The second-order valence-corrected chi connectivity index (χ2v) is 6.47. The Bertz CT molecular complexity index is 891. The first kappa shape index (κ1) is 19.4. The van der Waals surface area contributed by atoms with Crippen molar-refractivity contribution in [3.63, 3.8) is 0 Å². The number of rotatable bonds is 8. The summed E-state index contributed by atoms with van der Waals surface area (Å²) in [6.45, 7) is 4.04. The van der Waals surface area contributed by atoms with Gasteiger partial charge in [-0.15, -0.1) is 0 Å². The number of hydrogen-bond acceptors (Lipinski definition) is 4. The standard InChI is InChI=1S/C23H25N3O2/c1-3-17(4-2)23(27)25-18-14-15-22(24-16-18)26-20-12-8-9-13-21(20)28-19-10-6-5-7-11-19/h5-17H,3-4H2,1-2H3,(H,24,26)(H,25,27). The number of amides is 1. The number of anilines is 3. The molecule has 0 aliphatic carbocycles. The number of nitrogens with one attached hydrogen (secondary N) is 2. The molecule has 0 aliphatic rings. The van der Waals surface area contributed by atoms with Crippen molar-refractivity contribution in [2.45, 2.75) is 26.7 Å². The smallest absolute Gasteiger partial charge is 0.227 e. The second-order valence-electron chi connectivity index (χ2n) is 6.47. The maximum atomic E-state index is 12.2. The van der Waals surface area contributed by atoms with Crippen LogP contribution >= 0.6 is 0 Å². The number of para-hydroxylation sites is 3. The third kappa shape index (κ3) is 5.10. The average Bonchev–Trinajstić information content (AvgIpc) is 2.72. The van der Waals surface area contributed by atoms with Gasteiger partial charge in [0.2, 0.25) is 5.91 Å². The van der Waals surface area contributed by atoms with E-state index < -0.39 is 0 Å². The van der Waals surface area contributed by atoms with Gasteiger partial charge >= 0.3 is 0 Å². The number of hydrogen-bond donors (Lipinski definition) is 2. The molecule has 144 valence electrons. The van der Waals surface area contributed by atoms with Crippen LogP contribution in [0.3, 0.4) is 0 Å². The van der Waals surface area contributed by atoms with E-state index in [0.717, 1.165) is 24.3 Å². The predicted molar refractivity (Wildman–Crippen MR) is 113 cm³/mol. The Labute approximate surface area is 165 Å². The van der Waals surface area contributed by atoms with Crippen LogP contribution in [0.15, 0.2) is 72.9 Å². The Morgan fingerprint density at radius 1 is 0.964 bits per heavy atom. The van der Waals surface area contributed by atoms with Crippen molar-refractivity contribution < 1.29 is 9.53 Å². The zero-order valence-electron chi connectivity index (χ0n) is 16.2. The number of carbonyl (C=O) groups is 1. The zero-order valence-corrected chi connectivity index (χ0v) is 16.2. The molecule has 0 radical (unpaired) electrons. The molecule has 0 atom stereocenters. The fraction of sp³-hybridized carbons (Fsp3) is 0.217. The van der Waals surface area contributed by atoms with Crippen LogP contribution in [0.2, 0.25) is 0 Å². The Kier molecular flexibility index (Phi) is 6.63. The molecule has 0 aliphatic heterocycles. The van der Waals surface area contributed by atoms with Crippen LogP contribution in [-0.2, 0) is 4.79 Å². The molecule has 0 bridgehead atoms. The molecular formula is C23H25N3O2. The molecule has 2 aromatic carbocycles. The molecule has 2 N–H and O–H groups in total. The quantitative estimate of drug-likeness (QED) is 0.507. The Hall–Kier alpha value is -3.34. The second kappa shape index (κ2) is 9.55. The topological polar surface area (TPSA) is 63.2 Å². The lowest BCUT2D eigenvalue weighted by Crippen LogP contribution is -2.21. The summed E-state index contributed by atoms with van der Waals surface area (Å²) in [5, 5.41) is 6.19. The van der Waals surface area contributed by atoms with Crippen LogP contribution in [0.1, 0.15) is 26.7 Å². The number of ether oxygens (including phenoxy) is 1. The third-order valence-corrected chi connectivity index (χ3v) is 4.51. The van der Waals surface area contributed by atoms with Crippen molar-refractivity contribution in [3.8, 4) is 11.5 Å². The van der Waals surface area contributed by atoms with Crippen LogP contribution in [0, 0.1) is 5.92 Å². The van der Waals surface area contributed by atoms with Gasteiger partial charge in [0, 0.05) is 5.92 Å². The summed E-state index contributed by atoms with van der Waals surface area (Å²) in [6.07, 6.45) is 3.31. The Balaban J connectivity index is 1.68. The van der Waals surface area contributed by atoms with Gasteiger partial charge in [0.15, 0.2) is 5.75 Å². The highest BCUT2D eigenvalue weighted by Gasteiger charge is 2.14. The molecule has 0 fully saturated rings. The Morgan fingerprint density at radius 2 is 1.68 bits per heavy atom. The van der Waals surface area contributed by atoms with E-state index in [1.807, 2.05) is 80.6 Å². The van der Waals surface area contributed by atoms with Crippen molar-refractivity contribution in [1.29, 1.82) is 0 Å². The van der Waals surface area contributed by atoms with Crippen molar-refractivity contribution in [2.24, 2.45) is 5.92 Å². The van der Waals surface area contributed by atoms with Gasteiger partial charge in [0.1, 0.15) is 11.6 Å². The van der Waals surface area contributed by atoms with Gasteiger partial charge in [-0.25, -0.2) is 4.98 Å². The van der Waals surface area contributed by atoms with Crippen LogP contribution in [-0.4, -0.2) is 10.9 Å². The molecule has 3 rings (SSSR count). The summed E-state index contributed by atoms with van der Waals surface area (Å²) in [7, 11) is 0. The van der Waals surface area contributed by atoms with Crippen LogP contribution < -0.4 is 15.4 Å². The van der Waals surface area contributed by atoms with E-state index in [1.54, 1.807) is 6.20 Å². The van der Waals surface area contributed by atoms with Gasteiger partial charge in [-0.05, 0) is 49.2 Å². The maximum absolute atomic E-state index is 12.2. The summed E-state index contributed by atoms with van der Waals surface area (Å²) in [5.41, 5.74) is 1.50. The Morgan fingerprint density at radius 3 is 2.36 bits per heavy atom. The molecule has 1 aromatic heterocycles. The summed E-state index contributed by atoms with van der Waals surface area (Å²) < 4.78 is 5.96. The lowest BCUT2D eigenvalue weighted by molar-refractivity contribution is -0.120. The van der Waals surface area contributed by atoms with E-state index in [0.29, 0.717) is 17.3 Å². The molecule has 1 heterocycles. The zero-order chi connectivity index (χ0) is 19.8. The van der Waals surface area contributed by atoms with Crippen molar-refractivity contribution in [2.75, 3.05) is 10.6 Å². The van der Waals surface area contributed by atoms with E-state index in [2.05, 4.69) is 15.6 Å². The fourth-order valence-corrected chi connectivity index (χ4v) is 2.86. The molecule has 0 saturated heterocycles. The molecule has 1 amide bonds. The van der Waals surface area contributed by atoms with Gasteiger partial charge in [-0.2, -0.15) is 0 Å². The first-order valence-corrected chi connectivity index (χ1v) is 9.55. The first-order valence-electron chi connectivity index (χ1n) is 9.55. The fourth-order valence-electron chi connectivity index (χ4n) is 2.86. The molecule has 5 heteroatoms. The van der Waals surface area contributed by atoms with E-state index in [1.165, 1.54) is 0 Å². The number of aromatic nitrogens is 1. The normalized spacial score (nSPS) is 10.5. The molecule has 28 heavy (non-hydrogen) atoms. The highest BCUT2D eigenvalue weighted by atomic mass is 16.5. The van der Waals surface area contributed by atoms with Gasteiger partial charge < -0.3 is 15.4 Å². The van der Waals surface area contributed by atoms with Gasteiger partial charge in [0.25, 0.3) is 0 Å².